The van der Waals surface area contributed by atoms with Gasteiger partial charge in [0.1, 0.15) is 0 Å². The Hall–Kier alpha value is -0.570. The van der Waals surface area contributed by atoms with Crippen molar-refractivity contribution in [2.75, 3.05) is 19.6 Å². The van der Waals surface area contributed by atoms with E-state index in [1.807, 2.05) is 0 Å². The molecule has 0 amide bonds. The average molecular weight is 199 g/mol. The Morgan fingerprint density at radius 2 is 2.29 bits per heavy atom. The second-order valence-electron chi connectivity index (χ2n) is 4.66. The standard InChI is InChI=1S/C11H21NO2/c1-9(2)4-3-6-12-7-5-10(8-12)11(13)14/h9-10H,3-8H2,1-2H3,(H,13,14). The summed E-state index contributed by atoms with van der Waals surface area (Å²) in [6.07, 6.45) is 3.27. The smallest absolute Gasteiger partial charge is 0.307 e. The van der Waals surface area contributed by atoms with Gasteiger partial charge in [-0.1, -0.05) is 13.8 Å². The van der Waals surface area contributed by atoms with Gasteiger partial charge >= 0.3 is 5.97 Å². The molecule has 82 valence electrons. The van der Waals surface area contributed by atoms with E-state index in [0.717, 1.165) is 32.0 Å². The molecular formula is C11H21NO2. The van der Waals surface area contributed by atoms with Crippen LogP contribution in [0.25, 0.3) is 0 Å². The number of rotatable bonds is 5. The van der Waals surface area contributed by atoms with E-state index >= 15 is 0 Å². The van der Waals surface area contributed by atoms with Gasteiger partial charge in [0.2, 0.25) is 0 Å². The average Bonchev–Trinajstić information content (AvgIpc) is 2.52. The van der Waals surface area contributed by atoms with Crippen molar-refractivity contribution < 1.29 is 9.90 Å². The van der Waals surface area contributed by atoms with Crippen LogP contribution in [0.4, 0.5) is 0 Å². The highest BCUT2D eigenvalue weighted by molar-refractivity contribution is 5.70. The fourth-order valence-electron chi connectivity index (χ4n) is 1.96. The number of nitrogens with zero attached hydrogens (tertiary/aromatic N) is 1. The lowest BCUT2D eigenvalue weighted by Crippen LogP contribution is -2.24. The minimum atomic E-state index is -0.628. The van der Waals surface area contributed by atoms with Crippen LogP contribution < -0.4 is 0 Å². The Balaban J connectivity index is 2.13. The van der Waals surface area contributed by atoms with Crippen LogP contribution in [-0.2, 0) is 4.79 Å². The SMILES string of the molecule is CC(C)CCCN1CCC(C(=O)O)C1. The predicted octanol–water partition coefficient (Wildman–Crippen LogP) is 1.83. The number of carboxylic acid groups (broad SMARTS) is 1. The van der Waals surface area contributed by atoms with Crippen molar-refractivity contribution in [3.05, 3.63) is 0 Å². The highest BCUT2D eigenvalue weighted by Gasteiger charge is 2.27. The summed E-state index contributed by atoms with van der Waals surface area (Å²) in [5, 5.41) is 8.82. The fraction of sp³-hybridized carbons (Fsp3) is 0.909. The molecule has 0 aromatic rings. The number of likely N-dealkylation sites (tertiary alicyclic amines) is 1. The minimum absolute atomic E-state index is 0.117. The third kappa shape index (κ3) is 3.66. The molecular weight excluding hydrogens is 178 g/mol. The van der Waals surface area contributed by atoms with Crippen molar-refractivity contribution in [2.45, 2.75) is 33.1 Å². The highest BCUT2D eigenvalue weighted by atomic mass is 16.4. The fourth-order valence-corrected chi connectivity index (χ4v) is 1.96. The summed E-state index contributed by atoms with van der Waals surface area (Å²) in [6.45, 7) is 7.25. The molecule has 1 unspecified atom stereocenters. The first-order valence-corrected chi connectivity index (χ1v) is 5.54. The summed E-state index contributed by atoms with van der Waals surface area (Å²) in [4.78, 5) is 13.0. The van der Waals surface area contributed by atoms with Crippen molar-refractivity contribution in [1.29, 1.82) is 0 Å². The van der Waals surface area contributed by atoms with Crippen molar-refractivity contribution in [2.24, 2.45) is 11.8 Å². The second kappa shape index (κ2) is 5.35. The molecule has 0 radical (unpaired) electrons. The van der Waals surface area contributed by atoms with Crippen LogP contribution in [-0.4, -0.2) is 35.6 Å². The van der Waals surface area contributed by atoms with Crippen molar-refractivity contribution in [3.8, 4) is 0 Å². The molecule has 1 aliphatic heterocycles. The first-order chi connectivity index (χ1) is 6.59. The summed E-state index contributed by atoms with van der Waals surface area (Å²) in [5.41, 5.74) is 0. The predicted molar refractivity (Wildman–Crippen MR) is 56.3 cm³/mol. The molecule has 1 N–H and O–H groups in total. The maximum Gasteiger partial charge on any atom is 0.307 e. The Bertz CT molecular complexity index is 192. The number of carboxylic acids is 1. The third-order valence-corrected chi connectivity index (χ3v) is 2.88. The summed E-state index contributed by atoms with van der Waals surface area (Å²) in [6, 6.07) is 0. The van der Waals surface area contributed by atoms with Gasteiger partial charge in [-0.25, -0.2) is 0 Å². The maximum absolute atomic E-state index is 10.7. The van der Waals surface area contributed by atoms with Gasteiger partial charge in [0.05, 0.1) is 5.92 Å². The molecule has 3 nitrogen and oxygen atoms in total. The van der Waals surface area contributed by atoms with Crippen molar-refractivity contribution in [1.82, 2.24) is 4.90 Å². The maximum atomic E-state index is 10.7. The van der Waals surface area contributed by atoms with Crippen LogP contribution in [0.2, 0.25) is 0 Å². The van der Waals surface area contributed by atoms with Gasteiger partial charge in [-0.15, -0.1) is 0 Å². The van der Waals surface area contributed by atoms with Crippen molar-refractivity contribution >= 4 is 5.97 Å². The van der Waals surface area contributed by atoms with Crippen LogP contribution in [0.1, 0.15) is 33.1 Å². The van der Waals surface area contributed by atoms with Crippen LogP contribution in [0.3, 0.4) is 0 Å². The molecule has 1 rings (SSSR count). The Morgan fingerprint density at radius 3 is 2.79 bits per heavy atom. The third-order valence-electron chi connectivity index (χ3n) is 2.88. The normalized spacial score (nSPS) is 23.2. The molecule has 1 fully saturated rings. The zero-order valence-electron chi connectivity index (χ0n) is 9.20. The molecule has 0 aromatic carbocycles. The number of aliphatic carboxylic acids is 1. The van der Waals surface area contributed by atoms with Gasteiger partial charge in [-0.3, -0.25) is 4.79 Å². The number of hydrogen-bond acceptors (Lipinski definition) is 2. The van der Waals surface area contributed by atoms with E-state index in [1.165, 1.54) is 12.8 Å². The van der Waals surface area contributed by atoms with Crippen LogP contribution in [0.15, 0.2) is 0 Å². The topological polar surface area (TPSA) is 40.5 Å². The van der Waals surface area contributed by atoms with Gasteiger partial charge < -0.3 is 10.0 Å². The Morgan fingerprint density at radius 1 is 1.57 bits per heavy atom. The largest absolute Gasteiger partial charge is 0.481 e. The molecule has 1 atom stereocenters. The molecule has 1 aliphatic rings. The van der Waals surface area contributed by atoms with Gasteiger partial charge in [-0.05, 0) is 38.3 Å². The van der Waals surface area contributed by atoms with E-state index in [4.69, 9.17) is 5.11 Å². The van der Waals surface area contributed by atoms with Crippen molar-refractivity contribution in [3.63, 3.8) is 0 Å². The molecule has 0 aromatic heterocycles. The monoisotopic (exact) mass is 199 g/mol. The van der Waals surface area contributed by atoms with E-state index in [0.29, 0.717) is 0 Å². The summed E-state index contributed by atoms with van der Waals surface area (Å²) >= 11 is 0. The lowest BCUT2D eigenvalue weighted by Gasteiger charge is -2.15. The summed E-state index contributed by atoms with van der Waals surface area (Å²) in [7, 11) is 0. The molecule has 3 heteroatoms. The summed E-state index contributed by atoms with van der Waals surface area (Å²) < 4.78 is 0. The lowest BCUT2D eigenvalue weighted by atomic mass is 10.1. The van der Waals surface area contributed by atoms with Gasteiger partial charge in [0.15, 0.2) is 0 Å². The molecule has 0 bridgehead atoms. The molecule has 0 saturated carbocycles. The number of hydrogen-bond donors (Lipinski definition) is 1. The highest BCUT2D eigenvalue weighted by Crippen LogP contribution is 2.17. The molecule has 0 aliphatic carbocycles. The molecule has 1 saturated heterocycles. The zero-order chi connectivity index (χ0) is 10.6. The zero-order valence-corrected chi connectivity index (χ0v) is 9.20. The second-order valence-corrected chi connectivity index (χ2v) is 4.66. The van der Waals surface area contributed by atoms with Gasteiger partial charge in [0, 0.05) is 6.54 Å². The van der Waals surface area contributed by atoms with Crippen LogP contribution >= 0.6 is 0 Å². The van der Waals surface area contributed by atoms with E-state index in [-0.39, 0.29) is 5.92 Å². The van der Waals surface area contributed by atoms with E-state index < -0.39 is 5.97 Å². The number of carbonyl (C=O) groups is 1. The Labute approximate surface area is 86.1 Å². The molecule has 1 heterocycles. The molecule has 14 heavy (non-hydrogen) atoms. The van der Waals surface area contributed by atoms with Gasteiger partial charge in [-0.2, -0.15) is 0 Å². The van der Waals surface area contributed by atoms with Crippen LogP contribution in [0.5, 0.6) is 0 Å². The molecule has 0 spiro atoms. The van der Waals surface area contributed by atoms with E-state index in [1.54, 1.807) is 0 Å². The minimum Gasteiger partial charge on any atom is -0.481 e. The van der Waals surface area contributed by atoms with Crippen LogP contribution in [0, 0.1) is 11.8 Å². The lowest BCUT2D eigenvalue weighted by molar-refractivity contribution is -0.141. The first kappa shape index (κ1) is 11.5. The van der Waals surface area contributed by atoms with E-state index in [2.05, 4.69) is 18.7 Å². The first-order valence-electron chi connectivity index (χ1n) is 5.54. The summed E-state index contributed by atoms with van der Waals surface area (Å²) in [5.74, 6) is 0.0123. The quantitative estimate of drug-likeness (QED) is 0.734. The van der Waals surface area contributed by atoms with Gasteiger partial charge in [0.25, 0.3) is 0 Å². The Kier molecular flexibility index (Phi) is 4.39. The van der Waals surface area contributed by atoms with E-state index in [9.17, 15) is 4.79 Å².